The van der Waals surface area contributed by atoms with Gasteiger partial charge in [-0.1, -0.05) is 45.8 Å². The van der Waals surface area contributed by atoms with Crippen LogP contribution in [0.25, 0.3) is 0 Å². The Labute approximate surface area is 106 Å². The van der Waals surface area contributed by atoms with Crippen molar-refractivity contribution in [1.29, 1.82) is 0 Å². The van der Waals surface area contributed by atoms with Gasteiger partial charge in [0.15, 0.2) is 5.78 Å². The Bertz CT molecular complexity index is 307. The first-order valence-corrected chi connectivity index (χ1v) is 7.08. The second-order valence-electron chi connectivity index (χ2n) is 5.40. The van der Waals surface area contributed by atoms with Crippen molar-refractivity contribution in [3.63, 3.8) is 0 Å². The van der Waals surface area contributed by atoms with Crippen LogP contribution >= 0.6 is 0 Å². The molecule has 17 heavy (non-hydrogen) atoms. The number of ketones is 1. The van der Waals surface area contributed by atoms with Gasteiger partial charge < -0.3 is 0 Å². The number of carbonyl (C=O) groups excluding carboxylic acids is 1. The highest BCUT2D eigenvalue weighted by atomic mass is 16.1. The van der Waals surface area contributed by atoms with Gasteiger partial charge in [0, 0.05) is 0 Å². The van der Waals surface area contributed by atoms with E-state index in [9.17, 15) is 4.79 Å². The molecule has 96 valence electrons. The predicted molar refractivity (Wildman–Crippen MR) is 74.0 cm³/mol. The van der Waals surface area contributed by atoms with Crippen LogP contribution in [0, 0.1) is 5.92 Å². The van der Waals surface area contributed by atoms with E-state index in [1.165, 1.54) is 19.3 Å². The summed E-state index contributed by atoms with van der Waals surface area (Å²) in [5.41, 5.74) is 2.13. The molecule has 0 aromatic carbocycles. The maximum atomic E-state index is 12.0. The van der Waals surface area contributed by atoms with Gasteiger partial charge in [0.05, 0.1) is 0 Å². The van der Waals surface area contributed by atoms with Crippen LogP contribution in [0.3, 0.4) is 0 Å². The first-order chi connectivity index (χ1) is 8.15. The number of allylic oxidation sites excluding steroid dienone is 4. The van der Waals surface area contributed by atoms with Gasteiger partial charge in [-0.2, -0.15) is 0 Å². The van der Waals surface area contributed by atoms with E-state index < -0.39 is 0 Å². The first-order valence-electron chi connectivity index (χ1n) is 7.08. The zero-order valence-corrected chi connectivity index (χ0v) is 11.6. The standard InChI is InChI=1S/C16H26O/c1-4-5-6-9-14-11-12-15(16(14)17)10-7-8-13(2)3/h9-10,13H,4-8,11-12H2,1-3H3. The molecule has 1 fully saturated rings. The third-order valence-electron chi connectivity index (χ3n) is 3.33. The Balaban J connectivity index is 2.46. The van der Waals surface area contributed by atoms with Gasteiger partial charge in [-0.3, -0.25) is 4.79 Å². The molecule has 0 heterocycles. The number of rotatable bonds is 6. The largest absolute Gasteiger partial charge is 0.289 e. The Morgan fingerprint density at radius 3 is 2.24 bits per heavy atom. The van der Waals surface area contributed by atoms with Gasteiger partial charge >= 0.3 is 0 Å². The number of carbonyl (C=O) groups is 1. The molecule has 0 spiro atoms. The van der Waals surface area contributed by atoms with Gasteiger partial charge in [0.25, 0.3) is 0 Å². The number of Topliss-reactive ketones (excluding diaryl/α,β-unsaturated/α-hetero) is 1. The van der Waals surface area contributed by atoms with Crippen LogP contribution in [0.2, 0.25) is 0 Å². The summed E-state index contributed by atoms with van der Waals surface area (Å²) in [6.45, 7) is 6.64. The topological polar surface area (TPSA) is 17.1 Å². The number of hydrogen-bond donors (Lipinski definition) is 0. The first kappa shape index (κ1) is 14.2. The molecule has 1 aliphatic rings. The molecule has 1 heteroatoms. The summed E-state index contributed by atoms with van der Waals surface area (Å²) < 4.78 is 0. The normalized spacial score (nSPS) is 21.1. The van der Waals surface area contributed by atoms with Crippen LogP contribution in [0.4, 0.5) is 0 Å². The summed E-state index contributed by atoms with van der Waals surface area (Å²) in [6, 6.07) is 0. The minimum Gasteiger partial charge on any atom is -0.289 e. The smallest absolute Gasteiger partial charge is 0.184 e. The summed E-state index contributed by atoms with van der Waals surface area (Å²) in [5.74, 6) is 1.05. The van der Waals surface area contributed by atoms with E-state index in [1.807, 2.05) is 0 Å². The van der Waals surface area contributed by atoms with Crippen molar-refractivity contribution in [2.45, 2.75) is 65.7 Å². The van der Waals surface area contributed by atoms with E-state index >= 15 is 0 Å². The van der Waals surface area contributed by atoms with Crippen molar-refractivity contribution >= 4 is 5.78 Å². The zero-order valence-electron chi connectivity index (χ0n) is 11.6. The molecular formula is C16H26O. The quantitative estimate of drug-likeness (QED) is 0.475. The lowest BCUT2D eigenvalue weighted by Crippen LogP contribution is -1.96. The lowest BCUT2D eigenvalue weighted by atomic mass is 10.0. The van der Waals surface area contributed by atoms with Crippen molar-refractivity contribution in [2.75, 3.05) is 0 Å². The fourth-order valence-electron chi connectivity index (χ4n) is 2.16. The number of unbranched alkanes of at least 4 members (excludes halogenated alkanes) is 2. The lowest BCUT2D eigenvalue weighted by Gasteiger charge is -2.00. The highest BCUT2D eigenvalue weighted by Crippen LogP contribution is 2.27. The minimum atomic E-state index is 0.324. The molecule has 0 aliphatic heterocycles. The van der Waals surface area contributed by atoms with Crippen LogP contribution in [0.15, 0.2) is 23.3 Å². The molecule has 0 bridgehead atoms. The maximum Gasteiger partial charge on any atom is 0.184 e. The lowest BCUT2D eigenvalue weighted by molar-refractivity contribution is -0.111. The Morgan fingerprint density at radius 2 is 1.71 bits per heavy atom. The zero-order chi connectivity index (χ0) is 12.7. The van der Waals surface area contributed by atoms with E-state index in [1.54, 1.807) is 0 Å². The van der Waals surface area contributed by atoms with Gasteiger partial charge in [0.2, 0.25) is 0 Å². The summed E-state index contributed by atoms with van der Waals surface area (Å²) >= 11 is 0. The summed E-state index contributed by atoms with van der Waals surface area (Å²) in [5, 5.41) is 0. The molecule has 0 radical (unpaired) electrons. The molecule has 1 saturated carbocycles. The molecule has 0 N–H and O–H groups in total. The van der Waals surface area contributed by atoms with Gasteiger partial charge in [-0.05, 0) is 49.2 Å². The molecule has 1 nitrogen and oxygen atoms in total. The fraction of sp³-hybridized carbons (Fsp3) is 0.688. The highest BCUT2D eigenvalue weighted by molar-refractivity contribution is 6.10. The number of hydrogen-bond acceptors (Lipinski definition) is 1. The molecule has 1 aliphatic carbocycles. The fourth-order valence-corrected chi connectivity index (χ4v) is 2.16. The van der Waals surface area contributed by atoms with Crippen LogP contribution in [-0.4, -0.2) is 5.78 Å². The third-order valence-corrected chi connectivity index (χ3v) is 3.33. The second-order valence-corrected chi connectivity index (χ2v) is 5.40. The van der Waals surface area contributed by atoms with E-state index in [0.717, 1.165) is 42.7 Å². The molecule has 0 amide bonds. The Hall–Kier alpha value is -0.850. The van der Waals surface area contributed by atoms with E-state index in [2.05, 4.69) is 32.9 Å². The molecule has 0 saturated heterocycles. The van der Waals surface area contributed by atoms with Crippen LogP contribution < -0.4 is 0 Å². The highest BCUT2D eigenvalue weighted by Gasteiger charge is 2.21. The van der Waals surface area contributed by atoms with E-state index in [-0.39, 0.29) is 0 Å². The monoisotopic (exact) mass is 234 g/mol. The molecule has 1 rings (SSSR count). The molecule has 0 unspecified atom stereocenters. The third kappa shape index (κ3) is 4.89. The van der Waals surface area contributed by atoms with Crippen LogP contribution in [0.1, 0.15) is 65.7 Å². The van der Waals surface area contributed by atoms with E-state index in [4.69, 9.17) is 0 Å². The average molecular weight is 234 g/mol. The Morgan fingerprint density at radius 1 is 1.12 bits per heavy atom. The van der Waals surface area contributed by atoms with Gasteiger partial charge in [-0.15, -0.1) is 0 Å². The molecule has 0 atom stereocenters. The minimum absolute atomic E-state index is 0.324. The van der Waals surface area contributed by atoms with Gasteiger partial charge in [0.1, 0.15) is 0 Å². The van der Waals surface area contributed by atoms with Crippen molar-refractivity contribution in [1.82, 2.24) is 0 Å². The van der Waals surface area contributed by atoms with Crippen molar-refractivity contribution in [3.8, 4) is 0 Å². The van der Waals surface area contributed by atoms with Crippen molar-refractivity contribution < 1.29 is 4.79 Å². The maximum absolute atomic E-state index is 12.0. The summed E-state index contributed by atoms with van der Waals surface area (Å²) in [4.78, 5) is 12.0. The average Bonchev–Trinajstić information content (AvgIpc) is 2.61. The van der Waals surface area contributed by atoms with Crippen LogP contribution in [-0.2, 0) is 4.79 Å². The second kappa shape index (κ2) is 7.47. The van der Waals surface area contributed by atoms with Crippen molar-refractivity contribution in [3.05, 3.63) is 23.3 Å². The Kier molecular flexibility index (Phi) is 6.25. The molecule has 0 aromatic heterocycles. The van der Waals surface area contributed by atoms with E-state index in [0.29, 0.717) is 5.78 Å². The summed E-state index contributed by atoms with van der Waals surface area (Å²) in [7, 11) is 0. The predicted octanol–water partition coefficient (Wildman–Crippen LogP) is 4.83. The summed E-state index contributed by atoms with van der Waals surface area (Å²) in [6.07, 6.45) is 12.0. The SMILES string of the molecule is CCCCC=C1CCC(=CCCC(C)C)C1=O. The molecule has 0 aromatic rings. The van der Waals surface area contributed by atoms with Gasteiger partial charge in [-0.25, -0.2) is 0 Å². The van der Waals surface area contributed by atoms with Crippen LogP contribution in [0.5, 0.6) is 0 Å². The van der Waals surface area contributed by atoms with Crippen molar-refractivity contribution in [2.24, 2.45) is 5.92 Å². The molecular weight excluding hydrogens is 208 g/mol.